The third kappa shape index (κ3) is 5.34. The molecule has 0 aliphatic carbocycles. The van der Waals surface area contributed by atoms with Crippen molar-refractivity contribution in [2.24, 2.45) is 5.92 Å². The summed E-state index contributed by atoms with van der Waals surface area (Å²) in [4.78, 5) is 15.0. The Labute approximate surface area is 173 Å². The monoisotopic (exact) mass is 397 g/mol. The van der Waals surface area contributed by atoms with Crippen molar-refractivity contribution in [3.05, 3.63) is 42.5 Å². The summed E-state index contributed by atoms with van der Waals surface area (Å²) >= 11 is 0. The Morgan fingerprint density at radius 3 is 2.24 bits per heavy atom. The second kappa shape index (κ2) is 9.54. The van der Waals surface area contributed by atoms with E-state index in [9.17, 15) is 4.79 Å². The average Bonchev–Trinajstić information content (AvgIpc) is 2.74. The molecule has 1 saturated heterocycles. The Hall–Kier alpha value is -2.89. The molecule has 0 bridgehead atoms. The van der Waals surface area contributed by atoms with Crippen LogP contribution >= 0.6 is 0 Å². The molecule has 1 amide bonds. The molecule has 1 unspecified atom stereocenters. The van der Waals surface area contributed by atoms with Crippen molar-refractivity contribution in [3.8, 4) is 11.5 Å². The molecule has 2 N–H and O–H groups in total. The molecule has 6 heteroatoms. The second-order valence-electron chi connectivity index (χ2n) is 7.64. The van der Waals surface area contributed by atoms with Crippen molar-refractivity contribution in [1.29, 1.82) is 0 Å². The molecule has 1 aliphatic heterocycles. The molecular formula is C23H31N3O3. The number of nitrogens with zero attached hydrogens (tertiary/aromatic N) is 1. The standard InChI is InChI=1S/C23H31N3O3/c1-16-11-13-26(14-12-16)20-8-5-18(6-9-20)24-17(2)23(27)25-19-7-10-21(28-3)22(15-19)29-4/h5-10,15-17,24H,11-14H2,1-4H3,(H,25,27). The van der Waals surface area contributed by atoms with Gasteiger partial charge in [0.1, 0.15) is 6.04 Å². The van der Waals surface area contributed by atoms with Gasteiger partial charge in [0.25, 0.3) is 0 Å². The van der Waals surface area contributed by atoms with Crippen LogP contribution in [0.4, 0.5) is 17.1 Å². The van der Waals surface area contributed by atoms with Crippen molar-refractivity contribution >= 4 is 23.0 Å². The third-order valence-corrected chi connectivity index (χ3v) is 5.44. The molecule has 3 rings (SSSR count). The number of carbonyl (C=O) groups is 1. The molecule has 1 fully saturated rings. The predicted molar refractivity (Wildman–Crippen MR) is 118 cm³/mol. The third-order valence-electron chi connectivity index (χ3n) is 5.44. The Morgan fingerprint density at radius 2 is 1.62 bits per heavy atom. The van der Waals surface area contributed by atoms with E-state index in [-0.39, 0.29) is 11.9 Å². The number of hydrogen-bond acceptors (Lipinski definition) is 5. The number of carbonyl (C=O) groups excluding carboxylic acids is 1. The van der Waals surface area contributed by atoms with Crippen molar-refractivity contribution in [2.75, 3.05) is 42.8 Å². The number of ether oxygens (including phenoxy) is 2. The first kappa shape index (κ1) is 20.8. The molecule has 2 aromatic carbocycles. The summed E-state index contributed by atoms with van der Waals surface area (Å²) in [6, 6.07) is 13.2. The number of rotatable bonds is 7. The fraction of sp³-hybridized carbons (Fsp3) is 0.435. The number of hydrogen-bond donors (Lipinski definition) is 2. The molecule has 1 heterocycles. The molecule has 0 aromatic heterocycles. The van der Waals surface area contributed by atoms with Crippen LogP contribution in [0.25, 0.3) is 0 Å². The molecule has 1 aliphatic rings. The lowest BCUT2D eigenvalue weighted by atomic mass is 9.99. The molecule has 6 nitrogen and oxygen atoms in total. The first-order chi connectivity index (χ1) is 14.0. The minimum Gasteiger partial charge on any atom is -0.493 e. The van der Waals surface area contributed by atoms with Gasteiger partial charge in [0.05, 0.1) is 14.2 Å². The number of nitrogens with one attached hydrogen (secondary N) is 2. The van der Waals surface area contributed by atoms with Crippen LogP contribution in [0.5, 0.6) is 11.5 Å². The highest BCUT2D eigenvalue weighted by atomic mass is 16.5. The van der Waals surface area contributed by atoms with E-state index in [1.165, 1.54) is 18.5 Å². The van der Waals surface area contributed by atoms with Crippen LogP contribution in [0.15, 0.2) is 42.5 Å². The number of amides is 1. The lowest BCUT2D eigenvalue weighted by Crippen LogP contribution is -2.33. The fourth-order valence-corrected chi connectivity index (χ4v) is 3.52. The van der Waals surface area contributed by atoms with Gasteiger partial charge in [-0.05, 0) is 62.1 Å². The number of anilines is 3. The van der Waals surface area contributed by atoms with Crippen LogP contribution in [0.2, 0.25) is 0 Å². The maximum Gasteiger partial charge on any atom is 0.246 e. The lowest BCUT2D eigenvalue weighted by molar-refractivity contribution is -0.116. The molecule has 1 atom stereocenters. The lowest BCUT2D eigenvalue weighted by Gasteiger charge is -2.32. The van der Waals surface area contributed by atoms with E-state index in [1.807, 2.05) is 19.1 Å². The molecule has 0 spiro atoms. The maximum absolute atomic E-state index is 12.6. The van der Waals surface area contributed by atoms with Crippen molar-refractivity contribution < 1.29 is 14.3 Å². The van der Waals surface area contributed by atoms with Gasteiger partial charge in [-0.3, -0.25) is 4.79 Å². The van der Waals surface area contributed by atoms with Crippen LogP contribution in [-0.4, -0.2) is 39.3 Å². The summed E-state index contributed by atoms with van der Waals surface area (Å²) in [7, 11) is 3.15. The highest BCUT2D eigenvalue weighted by molar-refractivity contribution is 5.96. The van der Waals surface area contributed by atoms with Crippen LogP contribution in [0, 0.1) is 5.92 Å². The Balaban J connectivity index is 1.56. The number of methoxy groups -OCH3 is 2. The van der Waals surface area contributed by atoms with Gasteiger partial charge in [-0.2, -0.15) is 0 Å². The van der Waals surface area contributed by atoms with E-state index >= 15 is 0 Å². The van der Waals surface area contributed by atoms with Gasteiger partial charge in [-0.1, -0.05) is 6.92 Å². The smallest absolute Gasteiger partial charge is 0.246 e. The van der Waals surface area contributed by atoms with E-state index in [0.29, 0.717) is 17.2 Å². The maximum atomic E-state index is 12.6. The van der Waals surface area contributed by atoms with Gasteiger partial charge in [-0.25, -0.2) is 0 Å². The molecule has 156 valence electrons. The predicted octanol–water partition coefficient (Wildman–Crippen LogP) is 4.38. The highest BCUT2D eigenvalue weighted by Gasteiger charge is 2.17. The number of benzene rings is 2. The van der Waals surface area contributed by atoms with E-state index in [0.717, 1.165) is 24.7 Å². The first-order valence-corrected chi connectivity index (χ1v) is 10.1. The van der Waals surface area contributed by atoms with Crippen molar-refractivity contribution in [2.45, 2.75) is 32.7 Å². The molecule has 29 heavy (non-hydrogen) atoms. The Bertz CT molecular complexity index is 815. The van der Waals surface area contributed by atoms with Gasteiger partial charge >= 0.3 is 0 Å². The van der Waals surface area contributed by atoms with E-state index in [1.54, 1.807) is 32.4 Å². The molecular weight excluding hydrogens is 366 g/mol. The second-order valence-corrected chi connectivity index (χ2v) is 7.64. The zero-order valence-electron chi connectivity index (χ0n) is 17.7. The van der Waals surface area contributed by atoms with Crippen LogP contribution < -0.4 is 25.0 Å². The molecule has 0 radical (unpaired) electrons. The summed E-state index contributed by atoms with van der Waals surface area (Å²) in [6.45, 7) is 6.38. The van der Waals surface area contributed by atoms with Gasteiger partial charge in [0, 0.05) is 36.2 Å². The normalized spacial score (nSPS) is 15.5. The summed E-state index contributed by atoms with van der Waals surface area (Å²) in [6.07, 6.45) is 2.49. The zero-order chi connectivity index (χ0) is 20.8. The topological polar surface area (TPSA) is 62.8 Å². The van der Waals surface area contributed by atoms with E-state index in [4.69, 9.17) is 9.47 Å². The zero-order valence-corrected chi connectivity index (χ0v) is 17.7. The Morgan fingerprint density at radius 1 is 1.00 bits per heavy atom. The van der Waals surface area contributed by atoms with Crippen molar-refractivity contribution in [3.63, 3.8) is 0 Å². The summed E-state index contributed by atoms with van der Waals surface area (Å²) < 4.78 is 10.5. The first-order valence-electron chi connectivity index (χ1n) is 10.1. The van der Waals surface area contributed by atoms with E-state index < -0.39 is 0 Å². The molecule has 2 aromatic rings. The minimum absolute atomic E-state index is 0.119. The van der Waals surface area contributed by atoms with Crippen LogP contribution in [-0.2, 0) is 4.79 Å². The van der Waals surface area contributed by atoms with Gasteiger partial charge in [0.2, 0.25) is 5.91 Å². The highest BCUT2D eigenvalue weighted by Crippen LogP contribution is 2.30. The van der Waals surface area contributed by atoms with Crippen LogP contribution in [0.3, 0.4) is 0 Å². The minimum atomic E-state index is -0.384. The van der Waals surface area contributed by atoms with Crippen molar-refractivity contribution in [1.82, 2.24) is 0 Å². The quantitative estimate of drug-likeness (QED) is 0.726. The van der Waals surface area contributed by atoms with Crippen LogP contribution in [0.1, 0.15) is 26.7 Å². The SMILES string of the molecule is COc1ccc(NC(=O)C(C)Nc2ccc(N3CCC(C)CC3)cc2)cc1OC. The van der Waals surface area contributed by atoms with Gasteiger partial charge in [0.15, 0.2) is 11.5 Å². The molecule has 0 saturated carbocycles. The Kier molecular flexibility index (Phi) is 6.86. The number of piperidine rings is 1. The summed E-state index contributed by atoms with van der Waals surface area (Å²) in [5.41, 5.74) is 2.83. The average molecular weight is 398 g/mol. The summed E-state index contributed by atoms with van der Waals surface area (Å²) in [5.74, 6) is 1.90. The summed E-state index contributed by atoms with van der Waals surface area (Å²) in [5, 5.41) is 6.17. The fourth-order valence-electron chi connectivity index (χ4n) is 3.52. The largest absolute Gasteiger partial charge is 0.493 e. The van der Waals surface area contributed by atoms with E-state index in [2.05, 4.69) is 34.6 Å². The van der Waals surface area contributed by atoms with Gasteiger partial charge < -0.3 is 25.0 Å². The van der Waals surface area contributed by atoms with Gasteiger partial charge in [-0.15, -0.1) is 0 Å².